The van der Waals surface area contributed by atoms with Crippen molar-refractivity contribution >= 4 is 5.82 Å². The molecular formula is C14H19F3N2O2. The van der Waals surface area contributed by atoms with E-state index in [1.807, 2.05) is 20.8 Å². The third kappa shape index (κ3) is 4.23. The van der Waals surface area contributed by atoms with Crippen LogP contribution in [0.4, 0.5) is 19.0 Å². The van der Waals surface area contributed by atoms with Crippen molar-refractivity contribution in [2.24, 2.45) is 0 Å². The standard InChI is InChI=1S/C14H19F3N2O2/c1-13(2,3)21-12-6-4-5-11(18-12)19-7-8-20-9-10(19)14(15,16)17/h4-6,10H,7-9H2,1-3H3. The van der Waals surface area contributed by atoms with Crippen LogP contribution in [0, 0.1) is 0 Å². The summed E-state index contributed by atoms with van der Waals surface area (Å²) in [7, 11) is 0. The number of hydrogen-bond donors (Lipinski definition) is 0. The minimum atomic E-state index is -4.36. The van der Waals surface area contributed by atoms with E-state index in [4.69, 9.17) is 9.47 Å². The first-order valence-corrected chi connectivity index (χ1v) is 6.74. The zero-order valence-electron chi connectivity index (χ0n) is 12.3. The largest absolute Gasteiger partial charge is 0.472 e. The lowest BCUT2D eigenvalue weighted by atomic mass is 10.2. The first-order chi connectivity index (χ1) is 9.67. The van der Waals surface area contributed by atoms with Crippen molar-refractivity contribution in [3.63, 3.8) is 0 Å². The first kappa shape index (κ1) is 15.9. The molecule has 0 N–H and O–H groups in total. The average molecular weight is 304 g/mol. The fraction of sp³-hybridized carbons (Fsp3) is 0.643. The topological polar surface area (TPSA) is 34.6 Å². The van der Waals surface area contributed by atoms with Gasteiger partial charge in [0.1, 0.15) is 17.5 Å². The molecule has 1 aliphatic rings. The summed E-state index contributed by atoms with van der Waals surface area (Å²) in [5, 5.41) is 0. The van der Waals surface area contributed by atoms with Gasteiger partial charge in [0.05, 0.1) is 13.2 Å². The lowest BCUT2D eigenvalue weighted by Gasteiger charge is -2.37. The molecule has 1 saturated heterocycles. The van der Waals surface area contributed by atoms with E-state index in [1.165, 1.54) is 4.90 Å². The quantitative estimate of drug-likeness (QED) is 0.841. The van der Waals surface area contributed by atoms with Crippen molar-refractivity contribution in [3.8, 4) is 5.88 Å². The highest BCUT2D eigenvalue weighted by atomic mass is 19.4. The first-order valence-electron chi connectivity index (χ1n) is 6.74. The van der Waals surface area contributed by atoms with Crippen LogP contribution in [0.15, 0.2) is 18.2 Å². The maximum absolute atomic E-state index is 13.1. The minimum Gasteiger partial charge on any atom is -0.472 e. The molecule has 2 rings (SSSR count). The molecule has 0 saturated carbocycles. The zero-order valence-corrected chi connectivity index (χ0v) is 12.3. The molecule has 4 nitrogen and oxygen atoms in total. The number of aromatic nitrogens is 1. The van der Waals surface area contributed by atoms with Gasteiger partial charge in [0, 0.05) is 12.6 Å². The molecule has 1 unspecified atom stereocenters. The Kier molecular flexibility index (Phi) is 4.32. The van der Waals surface area contributed by atoms with Crippen LogP contribution in [0.5, 0.6) is 5.88 Å². The van der Waals surface area contributed by atoms with E-state index in [0.717, 1.165) is 0 Å². The molecule has 0 radical (unpaired) electrons. The second-order valence-electron chi connectivity index (χ2n) is 5.87. The summed E-state index contributed by atoms with van der Waals surface area (Å²) in [5.74, 6) is 0.565. The van der Waals surface area contributed by atoms with Gasteiger partial charge in [-0.3, -0.25) is 0 Å². The normalized spacial score (nSPS) is 20.5. The molecule has 0 aromatic carbocycles. The molecule has 7 heteroatoms. The summed E-state index contributed by atoms with van der Waals surface area (Å²) in [6.45, 7) is 5.59. The number of morpholine rings is 1. The molecule has 0 bridgehead atoms. The second-order valence-corrected chi connectivity index (χ2v) is 5.87. The van der Waals surface area contributed by atoms with Crippen molar-refractivity contribution in [1.82, 2.24) is 4.98 Å². The van der Waals surface area contributed by atoms with Crippen LogP contribution in [0.2, 0.25) is 0 Å². The molecule has 1 fully saturated rings. The molecule has 1 aromatic heterocycles. The Labute approximate surface area is 121 Å². The summed E-state index contributed by atoms with van der Waals surface area (Å²) in [4.78, 5) is 5.41. The molecule has 1 aromatic rings. The van der Waals surface area contributed by atoms with Crippen molar-refractivity contribution in [1.29, 1.82) is 0 Å². The molecule has 1 atom stereocenters. The van der Waals surface area contributed by atoms with Crippen molar-refractivity contribution in [3.05, 3.63) is 18.2 Å². The van der Waals surface area contributed by atoms with Gasteiger partial charge in [0.25, 0.3) is 0 Å². The highest BCUT2D eigenvalue weighted by molar-refractivity contribution is 5.43. The van der Waals surface area contributed by atoms with Crippen molar-refractivity contribution in [2.75, 3.05) is 24.7 Å². The van der Waals surface area contributed by atoms with E-state index >= 15 is 0 Å². The third-order valence-electron chi connectivity index (χ3n) is 2.92. The number of hydrogen-bond acceptors (Lipinski definition) is 4. The van der Waals surface area contributed by atoms with Gasteiger partial charge in [-0.15, -0.1) is 0 Å². The van der Waals surface area contributed by atoms with Crippen LogP contribution in [0.3, 0.4) is 0 Å². The summed E-state index contributed by atoms with van der Waals surface area (Å²) in [6.07, 6.45) is -4.36. The van der Waals surface area contributed by atoms with Crippen LogP contribution in [0.25, 0.3) is 0 Å². The van der Waals surface area contributed by atoms with E-state index in [0.29, 0.717) is 5.88 Å². The predicted molar refractivity (Wildman–Crippen MR) is 72.6 cm³/mol. The zero-order chi connectivity index (χ0) is 15.7. The Balaban J connectivity index is 2.25. The van der Waals surface area contributed by atoms with E-state index in [2.05, 4.69) is 4.98 Å². The van der Waals surface area contributed by atoms with Gasteiger partial charge in [-0.1, -0.05) is 6.07 Å². The second kappa shape index (κ2) is 5.71. The predicted octanol–water partition coefficient (Wildman–Crippen LogP) is 3.03. The Morgan fingerprint density at radius 1 is 1.29 bits per heavy atom. The Morgan fingerprint density at radius 2 is 2.00 bits per heavy atom. The maximum Gasteiger partial charge on any atom is 0.411 e. The van der Waals surface area contributed by atoms with Crippen LogP contribution in [-0.2, 0) is 4.74 Å². The molecule has 0 spiro atoms. The number of rotatable bonds is 2. The average Bonchev–Trinajstić information content (AvgIpc) is 2.36. The monoisotopic (exact) mass is 304 g/mol. The van der Waals surface area contributed by atoms with E-state index in [1.54, 1.807) is 18.2 Å². The Hall–Kier alpha value is -1.50. The van der Waals surface area contributed by atoms with Gasteiger partial charge in [-0.2, -0.15) is 18.2 Å². The van der Waals surface area contributed by atoms with Crippen molar-refractivity contribution < 1.29 is 22.6 Å². The van der Waals surface area contributed by atoms with Crippen LogP contribution in [0.1, 0.15) is 20.8 Å². The number of nitrogens with zero attached hydrogens (tertiary/aromatic N) is 2. The van der Waals surface area contributed by atoms with Crippen molar-refractivity contribution in [2.45, 2.75) is 38.6 Å². The molecule has 118 valence electrons. The molecule has 21 heavy (non-hydrogen) atoms. The van der Waals surface area contributed by atoms with Gasteiger partial charge >= 0.3 is 6.18 Å². The van der Waals surface area contributed by atoms with Gasteiger partial charge in [0.2, 0.25) is 5.88 Å². The Morgan fingerprint density at radius 3 is 2.62 bits per heavy atom. The summed E-state index contributed by atoms with van der Waals surface area (Å²) < 4.78 is 49.8. The number of pyridine rings is 1. The van der Waals surface area contributed by atoms with Gasteiger partial charge in [-0.05, 0) is 26.8 Å². The fourth-order valence-corrected chi connectivity index (χ4v) is 2.08. The number of halogens is 3. The molecule has 2 heterocycles. The van der Waals surface area contributed by atoms with E-state index in [-0.39, 0.29) is 25.6 Å². The summed E-state index contributed by atoms with van der Waals surface area (Å²) in [5.41, 5.74) is -0.458. The van der Waals surface area contributed by atoms with Crippen LogP contribution in [-0.4, -0.2) is 42.6 Å². The highest BCUT2D eigenvalue weighted by Gasteiger charge is 2.45. The maximum atomic E-state index is 13.1. The lowest BCUT2D eigenvalue weighted by Crippen LogP contribution is -2.53. The number of ether oxygens (including phenoxy) is 2. The highest BCUT2D eigenvalue weighted by Crippen LogP contribution is 2.31. The van der Waals surface area contributed by atoms with Gasteiger partial charge in [-0.25, -0.2) is 0 Å². The van der Waals surface area contributed by atoms with Crippen LogP contribution >= 0.6 is 0 Å². The molecule has 0 aliphatic carbocycles. The summed E-state index contributed by atoms with van der Waals surface area (Å²) in [6, 6.07) is 3.16. The fourth-order valence-electron chi connectivity index (χ4n) is 2.08. The lowest BCUT2D eigenvalue weighted by molar-refractivity contribution is -0.167. The number of alkyl halides is 3. The van der Waals surface area contributed by atoms with Gasteiger partial charge < -0.3 is 14.4 Å². The van der Waals surface area contributed by atoms with E-state index in [9.17, 15) is 13.2 Å². The third-order valence-corrected chi connectivity index (χ3v) is 2.92. The summed E-state index contributed by atoms with van der Waals surface area (Å²) >= 11 is 0. The molecule has 1 aliphatic heterocycles. The van der Waals surface area contributed by atoms with E-state index < -0.39 is 17.8 Å². The van der Waals surface area contributed by atoms with Gasteiger partial charge in [0.15, 0.2) is 0 Å². The molecular weight excluding hydrogens is 285 g/mol. The number of anilines is 1. The molecule has 0 amide bonds. The minimum absolute atomic E-state index is 0.149. The smallest absolute Gasteiger partial charge is 0.411 e. The SMILES string of the molecule is CC(C)(C)Oc1cccc(N2CCOCC2C(F)(F)F)n1. The van der Waals surface area contributed by atoms with Crippen LogP contribution < -0.4 is 9.64 Å². The Bertz CT molecular complexity index is 486.